The Morgan fingerprint density at radius 3 is 1.64 bits per heavy atom. The van der Waals surface area contributed by atoms with E-state index < -0.39 is 64.8 Å². The molecule has 4 aromatic carbocycles. The summed E-state index contributed by atoms with van der Waals surface area (Å²) in [7, 11) is -4.78. The van der Waals surface area contributed by atoms with E-state index in [0.29, 0.717) is 0 Å². The third-order valence-corrected chi connectivity index (χ3v) is 8.05. The first kappa shape index (κ1) is 31.9. The van der Waals surface area contributed by atoms with Gasteiger partial charge >= 0.3 is 17.9 Å². The summed E-state index contributed by atoms with van der Waals surface area (Å²) in [6.45, 7) is -0.881. The van der Waals surface area contributed by atoms with Crippen LogP contribution in [0, 0.1) is 0 Å². The molecule has 0 bridgehead atoms. The van der Waals surface area contributed by atoms with Crippen LogP contribution >= 0.6 is 0 Å². The smallest absolute Gasteiger partial charge is 0.339 e. The number of halogens is 2. The van der Waals surface area contributed by atoms with Gasteiger partial charge in [-0.15, -0.1) is 0 Å². The lowest BCUT2D eigenvalue weighted by molar-refractivity contribution is -0.286. The number of ether oxygens (including phenoxy) is 3. The first-order valence-corrected chi connectivity index (χ1v) is 15.4. The van der Waals surface area contributed by atoms with Gasteiger partial charge in [-0.25, -0.2) is 9.59 Å². The lowest BCUT2D eigenvalue weighted by Crippen LogP contribution is -2.52. The normalized spacial score (nSPS) is 20.8. The van der Waals surface area contributed by atoms with Crippen molar-refractivity contribution in [1.82, 2.24) is 0 Å². The second-order valence-corrected chi connectivity index (χ2v) is 12.0. The van der Waals surface area contributed by atoms with Crippen molar-refractivity contribution in [1.29, 1.82) is 0 Å². The predicted molar refractivity (Wildman–Crippen MR) is 159 cm³/mol. The number of carbonyl (C=O) groups is 2. The quantitative estimate of drug-likeness (QED) is 0.173. The molecule has 0 amide bonds. The van der Waals surface area contributed by atoms with E-state index in [0.717, 1.165) is 22.3 Å². The molecule has 1 unspecified atom stereocenters. The van der Waals surface area contributed by atoms with Crippen LogP contribution in [0.5, 0.6) is 0 Å². The number of hydrogen-bond acceptors (Lipinski definition) is 8. The van der Waals surface area contributed by atoms with E-state index >= 15 is 8.78 Å². The van der Waals surface area contributed by atoms with Crippen LogP contribution in [0.2, 0.25) is 0 Å². The molecule has 1 fully saturated rings. The van der Waals surface area contributed by atoms with Crippen molar-refractivity contribution < 1.29 is 50.7 Å². The molecular formula is C33H28F2O9S. The fraction of sp³-hybridized carbons (Fsp3) is 0.212. The second-order valence-electron chi connectivity index (χ2n) is 10.4. The molecule has 1 saturated heterocycles. The van der Waals surface area contributed by atoms with Gasteiger partial charge in [0, 0.05) is 6.42 Å². The molecule has 3 atom stereocenters. The highest BCUT2D eigenvalue weighted by Gasteiger charge is 2.70. The summed E-state index contributed by atoms with van der Waals surface area (Å²) in [4.78, 5) is 25.8. The molecule has 5 rings (SSSR count). The Balaban J connectivity index is 1.33. The van der Waals surface area contributed by atoms with Crippen LogP contribution in [-0.2, 0) is 24.3 Å². The van der Waals surface area contributed by atoms with Crippen molar-refractivity contribution >= 4 is 22.1 Å². The van der Waals surface area contributed by atoms with E-state index in [-0.39, 0.29) is 11.1 Å². The van der Waals surface area contributed by atoms with Gasteiger partial charge in [0.15, 0.2) is 0 Å². The van der Waals surface area contributed by atoms with Crippen LogP contribution in [-0.4, -0.2) is 66.3 Å². The zero-order valence-corrected chi connectivity index (χ0v) is 24.4. The summed E-state index contributed by atoms with van der Waals surface area (Å²) >= 11 is 0. The highest BCUT2D eigenvalue weighted by molar-refractivity contribution is 7.85. The first-order chi connectivity index (χ1) is 21.4. The van der Waals surface area contributed by atoms with Crippen LogP contribution in [0.15, 0.2) is 109 Å². The lowest BCUT2D eigenvalue weighted by atomic mass is 10.0. The molecule has 1 aliphatic rings. The molecule has 2 N–H and O–H groups in total. The average Bonchev–Trinajstić information content (AvgIpc) is 3.23. The number of rotatable bonds is 10. The van der Waals surface area contributed by atoms with Crippen molar-refractivity contribution in [2.45, 2.75) is 30.3 Å². The molecule has 45 heavy (non-hydrogen) atoms. The molecule has 1 aliphatic heterocycles. The van der Waals surface area contributed by atoms with Crippen molar-refractivity contribution in [3.05, 3.63) is 120 Å². The van der Waals surface area contributed by atoms with Crippen molar-refractivity contribution in [3.63, 3.8) is 0 Å². The largest absolute Gasteiger partial charge is 0.459 e. The minimum Gasteiger partial charge on any atom is -0.459 e. The third-order valence-electron chi connectivity index (χ3n) is 7.33. The van der Waals surface area contributed by atoms with Gasteiger partial charge in [0.25, 0.3) is 10.1 Å². The van der Waals surface area contributed by atoms with Gasteiger partial charge in [-0.05, 0) is 46.5 Å². The summed E-state index contributed by atoms with van der Waals surface area (Å²) in [5, 5.41) is 10.7. The topological polar surface area (TPSA) is 136 Å². The zero-order valence-electron chi connectivity index (χ0n) is 23.6. The maximum Gasteiger partial charge on any atom is 0.339 e. The Labute approximate surface area is 257 Å². The fourth-order valence-electron chi connectivity index (χ4n) is 4.89. The Kier molecular flexibility index (Phi) is 9.12. The molecule has 0 saturated carbocycles. The molecule has 9 nitrogen and oxygen atoms in total. The molecule has 12 heteroatoms. The molecule has 234 valence electrons. The van der Waals surface area contributed by atoms with Gasteiger partial charge in [0.1, 0.15) is 12.7 Å². The SMILES string of the molecule is O=C(OC[C@H]1OC(O)(CCS(=O)(=O)O)C(F)(F)[C@@H]1OC(=O)c1ccc(-c2ccccc2)cc1)c1ccc(-c2ccccc2)cc1. The lowest BCUT2D eigenvalue weighted by Gasteiger charge is -2.29. The second kappa shape index (κ2) is 12.9. The van der Waals surface area contributed by atoms with Crippen LogP contribution in [0.1, 0.15) is 27.1 Å². The fourth-order valence-corrected chi connectivity index (χ4v) is 5.43. The van der Waals surface area contributed by atoms with Crippen LogP contribution < -0.4 is 0 Å². The Morgan fingerprint density at radius 1 is 0.733 bits per heavy atom. The number of aliphatic hydroxyl groups is 1. The molecule has 0 radical (unpaired) electrons. The maximum absolute atomic E-state index is 15.6. The number of alkyl halides is 2. The molecule has 1 heterocycles. The third kappa shape index (κ3) is 7.26. The minimum atomic E-state index is -4.78. The highest BCUT2D eigenvalue weighted by Crippen LogP contribution is 2.47. The Bertz CT molecular complexity index is 1750. The van der Waals surface area contributed by atoms with E-state index in [9.17, 15) is 23.1 Å². The van der Waals surface area contributed by atoms with Gasteiger partial charge in [-0.1, -0.05) is 84.9 Å². The summed E-state index contributed by atoms with van der Waals surface area (Å²) in [6, 6.07) is 30.8. The number of esters is 2. The van der Waals surface area contributed by atoms with E-state index in [1.807, 2.05) is 60.7 Å². The van der Waals surface area contributed by atoms with Crippen molar-refractivity contribution in [2.24, 2.45) is 0 Å². The van der Waals surface area contributed by atoms with Crippen LogP contribution in [0.4, 0.5) is 8.78 Å². The van der Waals surface area contributed by atoms with Crippen LogP contribution in [0.25, 0.3) is 22.3 Å². The molecule has 0 aliphatic carbocycles. The van der Waals surface area contributed by atoms with E-state index in [4.69, 9.17) is 18.8 Å². The van der Waals surface area contributed by atoms with Crippen molar-refractivity contribution in [3.8, 4) is 22.3 Å². The summed E-state index contributed by atoms with van der Waals surface area (Å²) in [5.41, 5.74) is 3.33. The van der Waals surface area contributed by atoms with E-state index in [2.05, 4.69) is 0 Å². The minimum absolute atomic E-state index is 0.0897. The summed E-state index contributed by atoms with van der Waals surface area (Å²) < 4.78 is 78.3. The van der Waals surface area contributed by atoms with Gasteiger partial charge in [0.05, 0.1) is 16.9 Å². The standard InChI is InChI=1S/C33H28F2O9S/c34-33(35)29(43-31(37)27-17-13-25(14-18-27)23-9-5-2-6-10-23)28(44-32(33,38)19-20-45(39,40)41)21-42-30(36)26-15-11-24(12-16-26)22-7-3-1-4-8-22/h1-18,28-29,38H,19-21H2,(H,39,40,41)/t28-,29-,32?/m1/s1. The predicted octanol–water partition coefficient (Wildman–Crippen LogP) is 5.40. The van der Waals surface area contributed by atoms with Crippen molar-refractivity contribution in [2.75, 3.05) is 12.4 Å². The molecular weight excluding hydrogens is 610 g/mol. The molecule has 4 aromatic rings. The van der Waals surface area contributed by atoms with E-state index in [1.54, 1.807) is 24.3 Å². The first-order valence-electron chi connectivity index (χ1n) is 13.8. The Hall–Kier alpha value is -4.49. The van der Waals surface area contributed by atoms with E-state index in [1.165, 1.54) is 24.3 Å². The molecule has 0 spiro atoms. The van der Waals surface area contributed by atoms with Gasteiger partial charge in [0.2, 0.25) is 11.9 Å². The monoisotopic (exact) mass is 638 g/mol. The summed E-state index contributed by atoms with van der Waals surface area (Å²) in [6.07, 6.45) is -5.64. The number of carbonyl (C=O) groups excluding carboxylic acids is 2. The zero-order chi connectivity index (χ0) is 32.2. The maximum atomic E-state index is 15.6. The number of hydrogen-bond donors (Lipinski definition) is 2. The van der Waals surface area contributed by atoms with Gasteiger partial charge < -0.3 is 19.3 Å². The summed E-state index contributed by atoms with van der Waals surface area (Å²) in [5.74, 6) is -11.2. The highest BCUT2D eigenvalue weighted by atomic mass is 32.2. The van der Waals surface area contributed by atoms with Crippen LogP contribution in [0.3, 0.4) is 0 Å². The van der Waals surface area contributed by atoms with Gasteiger partial charge in [-0.3, -0.25) is 4.55 Å². The number of benzene rings is 4. The molecule has 0 aromatic heterocycles. The Morgan fingerprint density at radius 2 is 1.18 bits per heavy atom. The average molecular weight is 639 g/mol. The van der Waals surface area contributed by atoms with Gasteiger partial charge in [-0.2, -0.15) is 17.2 Å².